The van der Waals surface area contributed by atoms with Gasteiger partial charge in [0, 0.05) is 39.8 Å². The molecule has 1 aliphatic heterocycles. The highest BCUT2D eigenvalue weighted by atomic mass is 16.5. The van der Waals surface area contributed by atoms with Crippen LogP contribution in [-0.4, -0.2) is 75.3 Å². The fourth-order valence-electron chi connectivity index (χ4n) is 2.85. The molecule has 0 atom stereocenters. The Hall–Kier alpha value is -1.07. The molecule has 5 heteroatoms. The maximum absolute atomic E-state index is 5.38. The molecule has 0 aromatic heterocycles. The molecule has 0 unspecified atom stereocenters. The Labute approximate surface area is 149 Å². The fraction of sp³-hybridized carbons (Fsp3) is 0.842. The van der Waals surface area contributed by atoms with Crippen LogP contribution in [0.4, 0.5) is 0 Å². The van der Waals surface area contributed by atoms with E-state index in [0.717, 1.165) is 64.7 Å². The van der Waals surface area contributed by atoms with Crippen LogP contribution in [0.2, 0.25) is 0 Å². The second kappa shape index (κ2) is 14.3. The van der Waals surface area contributed by atoms with E-state index in [-0.39, 0.29) is 0 Å². The third-order valence-electron chi connectivity index (χ3n) is 4.35. The summed E-state index contributed by atoms with van der Waals surface area (Å²) in [5.74, 6) is 1.05. The lowest BCUT2D eigenvalue weighted by molar-refractivity contribution is 0.0373. The molecule has 1 rings (SSSR count). The Kier molecular flexibility index (Phi) is 12.5. The minimum atomic E-state index is 0.889. The number of allylic oxidation sites excluding steroid dienone is 1. The minimum absolute atomic E-state index is 0.889. The number of guanidine groups is 1. The van der Waals surface area contributed by atoms with Gasteiger partial charge in [0.1, 0.15) is 0 Å². The quantitative estimate of drug-likeness (QED) is 0.257. The monoisotopic (exact) mass is 338 g/mol. The molecule has 0 aliphatic carbocycles. The molecule has 1 saturated heterocycles. The van der Waals surface area contributed by atoms with Gasteiger partial charge in [-0.2, -0.15) is 0 Å². The van der Waals surface area contributed by atoms with Crippen LogP contribution in [0.15, 0.2) is 17.6 Å². The Morgan fingerprint density at radius 3 is 2.71 bits per heavy atom. The van der Waals surface area contributed by atoms with E-state index >= 15 is 0 Å². The van der Waals surface area contributed by atoms with E-state index in [0.29, 0.717) is 0 Å². The summed E-state index contributed by atoms with van der Waals surface area (Å²) in [6.45, 7) is 13.9. The van der Waals surface area contributed by atoms with Gasteiger partial charge in [0.15, 0.2) is 5.96 Å². The second-order valence-corrected chi connectivity index (χ2v) is 6.46. The van der Waals surface area contributed by atoms with Gasteiger partial charge in [0.2, 0.25) is 0 Å². The summed E-state index contributed by atoms with van der Waals surface area (Å²) in [4.78, 5) is 9.54. The van der Waals surface area contributed by atoms with E-state index in [1.165, 1.54) is 32.2 Å². The molecule has 0 bridgehead atoms. The van der Waals surface area contributed by atoms with Crippen molar-refractivity contribution in [1.82, 2.24) is 15.1 Å². The highest BCUT2D eigenvalue weighted by Gasteiger charge is 2.09. The lowest BCUT2D eigenvalue weighted by Gasteiger charge is -2.26. The lowest BCUT2D eigenvalue weighted by Crippen LogP contribution is -2.39. The Morgan fingerprint density at radius 1 is 1.21 bits per heavy atom. The molecular formula is C19H38N4O. The summed E-state index contributed by atoms with van der Waals surface area (Å²) in [7, 11) is 2.14. The maximum atomic E-state index is 5.38. The van der Waals surface area contributed by atoms with Crippen LogP contribution in [-0.2, 0) is 4.74 Å². The predicted octanol–water partition coefficient (Wildman–Crippen LogP) is 2.74. The van der Waals surface area contributed by atoms with Gasteiger partial charge >= 0.3 is 0 Å². The summed E-state index contributed by atoms with van der Waals surface area (Å²) in [6.07, 6.45) is 9.22. The lowest BCUT2D eigenvalue weighted by atomic mass is 10.2. The smallest absolute Gasteiger partial charge is 0.193 e. The number of hydrogen-bond donors (Lipinski definition) is 1. The number of ether oxygens (including phenoxy) is 1. The number of nitrogens with one attached hydrogen (secondary N) is 1. The van der Waals surface area contributed by atoms with Crippen LogP contribution < -0.4 is 5.32 Å². The first kappa shape index (κ1) is 21.0. The second-order valence-electron chi connectivity index (χ2n) is 6.46. The molecule has 1 aliphatic rings. The van der Waals surface area contributed by atoms with Crippen molar-refractivity contribution < 1.29 is 4.74 Å². The Balaban J connectivity index is 2.18. The van der Waals surface area contributed by atoms with Crippen LogP contribution in [0.3, 0.4) is 0 Å². The van der Waals surface area contributed by atoms with Crippen molar-refractivity contribution in [2.45, 2.75) is 45.4 Å². The number of rotatable bonds is 12. The number of morpholine rings is 1. The normalized spacial score (nSPS) is 16.2. The van der Waals surface area contributed by atoms with Gasteiger partial charge in [-0.15, -0.1) is 6.58 Å². The molecule has 0 amide bonds. The summed E-state index contributed by atoms with van der Waals surface area (Å²) in [5, 5.41) is 3.41. The Morgan fingerprint density at radius 2 is 2.00 bits per heavy atom. The molecule has 1 heterocycles. The van der Waals surface area contributed by atoms with Gasteiger partial charge in [-0.3, -0.25) is 9.89 Å². The summed E-state index contributed by atoms with van der Waals surface area (Å²) < 4.78 is 5.38. The first-order valence-corrected chi connectivity index (χ1v) is 9.68. The van der Waals surface area contributed by atoms with Crippen molar-refractivity contribution >= 4 is 5.96 Å². The third kappa shape index (κ3) is 9.93. The van der Waals surface area contributed by atoms with Crippen molar-refractivity contribution in [3.63, 3.8) is 0 Å². The molecule has 0 aromatic rings. The molecule has 24 heavy (non-hydrogen) atoms. The number of nitrogens with zero attached hydrogens (tertiary/aromatic N) is 3. The van der Waals surface area contributed by atoms with E-state index < -0.39 is 0 Å². The van der Waals surface area contributed by atoms with Crippen LogP contribution in [0.25, 0.3) is 0 Å². The number of hydrogen-bond acceptors (Lipinski definition) is 3. The molecule has 0 aromatic carbocycles. The van der Waals surface area contributed by atoms with Crippen LogP contribution in [0.1, 0.15) is 45.4 Å². The summed E-state index contributed by atoms with van der Waals surface area (Å²) >= 11 is 0. The van der Waals surface area contributed by atoms with Gasteiger partial charge in [0.25, 0.3) is 0 Å². The molecule has 1 N–H and O–H groups in total. The third-order valence-corrected chi connectivity index (χ3v) is 4.35. The van der Waals surface area contributed by atoms with Crippen molar-refractivity contribution in [2.24, 2.45) is 4.99 Å². The molecule has 0 saturated carbocycles. The molecular weight excluding hydrogens is 300 g/mol. The van der Waals surface area contributed by atoms with Crippen LogP contribution >= 0.6 is 0 Å². The van der Waals surface area contributed by atoms with Crippen molar-refractivity contribution in [2.75, 3.05) is 59.5 Å². The molecule has 5 nitrogen and oxygen atoms in total. The largest absolute Gasteiger partial charge is 0.379 e. The van der Waals surface area contributed by atoms with Crippen LogP contribution in [0.5, 0.6) is 0 Å². The van der Waals surface area contributed by atoms with Gasteiger partial charge in [0.05, 0.1) is 13.2 Å². The van der Waals surface area contributed by atoms with Crippen molar-refractivity contribution in [3.8, 4) is 0 Å². The van der Waals surface area contributed by atoms with Gasteiger partial charge in [-0.05, 0) is 45.6 Å². The molecule has 1 fully saturated rings. The van der Waals surface area contributed by atoms with E-state index in [1.54, 1.807) is 0 Å². The molecule has 0 spiro atoms. The van der Waals surface area contributed by atoms with Gasteiger partial charge in [-0.25, -0.2) is 0 Å². The van der Waals surface area contributed by atoms with E-state index in [9.17, 15) is 0 Å². The maximum Gasteiger partial charge on any atom is 0.193 e. The number of unbranched alkanes of at least 4 members (excludes halogenated alkanes) is 4. The summed E-state index contributed by atoms with van der Waals surface area (Å²) in [5.41, 5.74) is 0. The zero-order chi connectivity index (χ0) is 17.5. The fourth-order valence-corrected chi connectivity index (χ4v) is 2.85. The molecule has 140 valence electrons. The summed E-state index contributed by atoms with van der Waals surface area (Å²) in [6, 6.07) is 0. The highest BCUT2D eigenvalue weighted by Crippen LogP contribution is 2.03. The predicted molar refractivity (Wildman–Crippen MR) is 104 cm³/mol. The zero-order valence-corrected chi connectivity index (χ0v) is 15.9. The van der Waals surface area contributed by atoms with E-state index in [2.05, 4.69) is 35.7 Å². The molecule has 0 radical (unpaired) electrons. The zero-order valence-electron chi connectivity index (χ0n) is 15.9. The standard InChI is InChI=1S/C19H38N4O/c1-4-6-7-8-10-13-22(3)19(20-5-2)21-12-9-11-14-23-15-17-24-18-16-23/h4H,1,5-18H2,2-3H3,(H,20,21). The first-order valence-electron chi connectivity index (χ1n) is 9.68. The topological polar surface area (TPSA) is 40.1 Å². The number of aliphatic imine (C=N–C) groups is 1. The average molecular weight is 339 g/mol. The van der Waals surface area contributed by atoms with Gasteiger partial charge < -0.3 is 15.0 Å². The van der Waals surface area contributed by atoms with Gasteiger partial charge in [-0.1, -0.05) is 12.5 Å². The van der Waals surface area contributed by atoms with E-state index in [4.69, 9.17) is 9.73 Å². The minimum Gasteiger partial charge on any atom is -0.379 e. The average Bonchev–Trinajstić information content (AvgIpc) is 2.61. The van der Waals surface area contributed by atoms with Crippen LogP contribution in [0, 0.1) is 0 Å². The van der Waals surface area contributed by atoms with Crippen molar-refractivity contribution in [3.05, 3.63) is 12.7 Å². The SMILES string of the molecule is C=CCCCCCN(C)C(=NCCCCN1CCOCC1)NCC. The Bertz CT molecular complexity index is 340. The van der Waals surface area contributed by atoms with Crippen molar-refractivity contribution in [1.29, 1.82) is 0 Å². The van der Waals surface area contributed by atoms with E-state index in [1.807, 2.05) is 6.08 Å². The first-order chi connectivity index (χ1) is 11.8. The highest BCUT2D eigenvalue weighted by molar-refractivity contribution is 5.79.